The molecule has 0 saturated heterocycles. The van der Waals surface area contributed by atoms with E-state index in [1.54, 1.807) is 0 Å². The number of carbonyl (C=O) groups is 1. The van der Waals surface area contributed by atoms with Gasteiger partial charge in [-0.3, -0.25) is 4.79 Å². The fraction of sp³-hybridized carbons (Fsp3) is 0.774. The molecule has 1 amide bonds. The van der Waals surface area contributed by atoms with Gasteiger partial charge in [-0.05, 0) is 109 Å². The molecule has 0 spiro atoms. The van der Waals surface area contributed by atoms with Crippen LogP contribution in [0, 0.1) is 58.1 Å². The number of hydrogen-bond acceptors (Lipinski definition) is 5. The van der Waals surface area contributed by atoms with Crippen molar-refractivity contribution in [3.63, 3.8) is 0 Å². The quantitative estimate of drug-likeness (QED) is 0.437. The fourth-order valence-electron chi connectivity index (χ4n) is 10.3. The van der Waals surface area contributed by atoms with E-state index in [1.165, 1.54) is 12.1 Å². The second kappa shape index (κ2) is 10.4. The molecule has 1 unspecified atom stereocenters. The van der Waals surface area contributed by atoms with Crippen molar-refractivity contribution in [3.8, 4) is 0 Å². The van der Waals surface area contributed by atoms with Crippen molar-refractivity contribution in [1.82, 2.24) is 4.72 Å². The molecule has 8 heteroatoms. The Labute approximate surface area is 233 Å². The monoisotopic (exact) mass is 563 g/mol. The van der Waals surface area contributed by atoms with E-state index in [9.17, 15) is 27.8 Å². The van der Waals surface area contributed by atoms with Gasteiger partial charge in [0.15, 0.2) is 0 Å². The zero-order chi connectivity index (χ0) is 28.3. The summed E-state index contributed by atoms with van der Waals surface area (Å²) in [5, 5.41) is 22.3. The molecule has 4 aliphatic carbocycles. The van der Waals surface area contributed by atoms with Gasteiger partial charge < -0.3 is 10.2 Å². The van der Waals surface area contributed by atoms with Gasteiger partial charge in [0.25, 0.3) is 10.0 Å². The molecule has 1 aromatic rings. The molecule has 0 aliphatic heterocycles. The summed E-state index contributed by atoms with van der Waals surface area (Å²) >= 11 is 0. The predicted octanol–water partition coefficient (Wildman–Crippen LogP) is 5.28. The Bertz CT molecular complexity index is 1190. The van der Waals surface area contributed by atoms with E-state index in [-0.39, 0.29) is 53.1 Å². The summed E-state index contributed by atoms with van der Waals surface area (Å²) in [6, 6.07) is 5.07. The Kier molecular flexibility index (Phi) is 7.73. The number of aliphatic hydroxyl groups is 2. The number of aliphatic hydroxyl groups excluding tert-OH is 2. The van der Waals surface area contributed by atoms with Crippen LogP contribution in [0.25, 0.3) is 0 Å². The maximum atomic E-state index is 14.1. The number of nitrogens with one attached hydrogen (secondary N) is 1. The first kappa shape index (κ1) is 29.0. The summed E-state index contributed by atoms with van der Waals surface area (Å²) in [4.78, 5) is 12.4. The number of sulfonamides is 1. The van der Waals surface area contributed by atoms with Crippen molar-refractivity contribution >= 4 is 15.9 Å². The zero-order valence-electron chi connectivity index (χ0n) is 23.8. The molecule has 4 saturated carbocycles. The lowest BCUT2D eigenvalue weighted by Gasteiger charge is -2.64. The highest BCUT2D eigenvalue weighted by atomic mass is 32.2. The van der Waals surface area contributed by atoms with E-state index < -0.39 is 26.6 Å². The van der Waals surface area contributed by atoms with Gasteiger partial charge in [-0.25, -0.2) is 17.5 Å². The minimum absolute atomic E-state index is 0.0259. The molecule has 5 rings (SSSR count). The lowest BCUT2D eigenvalue weighted by Crippen LogP contribution is -2.62. The summed E-state index contributed by atoms with van der Waals surface area (Å²) in [6.45, 7) is 8.97. The number of carbonyl (C=O) groups excluding carboxylic acids is 1. The van der Waals surface area contributed by atoms with Crippen LogP contribution in [0.15, 0.2) is 29.2 Å². The topological polar surface area (TPSA) is 104 Å². The van der Waals surface area contributed by atoms with Crippen LogP contribution in [0.4, 0.5) is 4.39 Å². The first-order valence-corrected chi connectivity index (χ1v) is 16.5. The minimum atomic E-state index is -4.28. The number of amides is 1. The van der Waals surface area contributed by atoms with Gasteiger partial charge >= 0.3 is 0 Å². The third kappa shape index (κ3) is 4.76. The van der Waals surface area contributed by atoms with Crippen molar-refractivity contribution in [2.75, 3.05) is 0 Å². The van der Waals surface area contributed by atoms with Crippen LogP contribution in [-0.2, 0) is 14.8 Å². The van der Waals surface area contributed by atoms with Crippen molar-refractivity contribution in [2.45, 2.75) is 103 Å². The molecule has 0 aromatic heterocycles. The number of halogens is 1. The highest BCUT2D eigenvalue weighted by molar-refractivity contribution is 7.90. The summed E-state index contributed by atoms with van der Waals surface area (Å²) in [5.41, 5.74) is 0.109. The van der Waals surface area contributed by atoms with Crippen LogP contribution < -0.4 is 4.72 Å². The van der Waals surface area contributed by atoms with Gasteiger partial charge in [0.1, 0.15) is 10.7 Å². The van der Waals surface area contributed by atoms with Crippen LogP contribution in [0.5, 0.6) is 0 Å². The van der Waals surface area contributed by atoms with E-state index in [0.717, 1.165) is 63.5 Å². The molecule has 1 aromatic carbocycles. The lowest BCUT2D eigenvalue weighted by atomic mass is 9.41. The molecule has 0 bridgehead atoms. The first-order valence-electron chi connectivity index (χ1n) is 15.0. The predicted molar refractivity (Wildman–Crippen MR) is 147 cm³/mol. The SMILES string of the molecule is CC[C@H]1[C@@H](O)[C@@H]2[C@H](CC[C@]3(C)[C@@H](C(C)CC(=O)NS(=O)(=O)c4ccccc4F)CC[C@@H]23)[C@@]2(C)CC[C@@H](O)C[C@@H]12. The van der Waals surface area contributed by atoms with Crippen LogP contribution in [0.1, 0.15) is 85.5 Å². The maximum absolute atomic E-state index is 14.1. The molecule has 11 atom stereocenters. The van der Waals surface area contributed by atoms with Gasteiger partial charge in [-0.2, -0.15) is 0 Å². The summed E-state index contributed by atoms with van der Waals surface area (Å²) in [7, 11) is -4.28. The average molecular weight is 564 g/mol. The molecular weight excluding hydrogens is 517 g/mol. The molecule has 0 heterocycles. The molecule has 6 nitrogen and oxygen atoms in total. The maximum Gasteiger partial charge on any atom is 0.266 e. The minimum Gasteiger partial charge on any atom is -0.393 e. The van der Waals surface area contributed by atoms with Gasteiger partial charge in [0, 0.05) is 6.42 Å². The standard InChI is InChI=1S/C31H46FNO5S/c1-5-20-24-17-19(34)12-14-31(24,4)23-13-15-30(3)21(10-11-22(30)28(23)29(20)36)18(2)16-27(35)33-39(37,38)26-9-7-6-8-25(26)32/h6-9,18-24,28-29,34,36H,5,10-17H2,1-4H3,(H,33,35)/t18?,19-,20-,21-,22+,23+,24+,28+,29-,30-,31-/m1/s1. The van der Waals surface area contributed by atoms with Gasteiger partial charge in [-0.15, -0.1) is 0 Å². The Morgan fingerprint density at radius 1 is 1.05 bits per heavy atom. The van der Waals surface area contributed by atoms with Gasteiger partial charge in [0.05, 0.1) is 12.2 Å². The average Bonchev–Trinajstić information content (AvgIpc) is 3.22. The Hall–Kier alpha value is -1.51. The normalized spacial score (nSPS) is 42.6. The number of hydrogen-bond donors (Lipinski definition) is 3. The second-order valence-electron chi connectivity index (χ2n) is 13.8. The third-order valence-corrected chi connectivity index (χ3v) is 13.4. The zero-order valence-corrected chi connectivity index (χ0v) is 24.6. The van der Waals surface area contributed by atoms with Crippen molar-refractivity contribution < 1.29 is 27.8 Å². The van der Waals surface area contributed by atoms with Crippen LogP contribution in [0.2, 0.25) is 0 Å². The smallest absolute Gasteiger partial charge is 0.266 e. The summed E-state index contributed by atoms with van der Waals surface area (Å²) < 4.78 is 41.5. The van der Waals surface area contributed by atoms with Crippen LogP contribution in [0.3, 0.4) is 0 Å². The second-order valence-corrected chi connectivity index (χ2v) is 15.4. The summed E-state index contributed by atoms with van der Waals surface area (Å²) in [5.74, 6) is 0.288. The van der Waals surface area contributed by atoms with Crippen LogP contribution >= 0.6 is 0 Å². The molecule has 3 N–H and O–H groups in total. The number of rotatable bonds is 6. The molecule has 39 heavy (non-hydrogen) atoms. The molecule has 4 aliphatic rings. The first-order chi connectivity index (χ1) is 18.3. The number of benzene rings is 1. The number of fused-ring (bicyclic) bond motifs is 5. The van der Waals surface area contributed by atoms with E-state index in [2.05, 4.69) is 25.5 Å². The van der Waals surface area contributed by atoms with E-state index >= 15 is 0 Å². The fourth-order valence-corrected chi connectivity index (χ4v) is 11.4. The van der Waals surface area contributed by atoms with Crippen molar-refractivity contribution in [1.29, 1.82) is 0 Å². The Balaban J connectivity index is 1.33. The Morgan fingerprint density at radius 2 is 1.72 bits per heavy atom. The van der Waals surface area contributed by atoms with Crippen molar-refractivity contribution in [2.24, 2.45) is 52.3 Å². The van der Waals surface area contributed by atoms with E-state index in [1.807, 2.05) is 6.92 Å². The molecule has 0 radical (unpaired) electrons. The van der Waals surface area contributed by atoms with Gasteiger partial charge in [-0.1, -0.05) is 46.2 Å². The van der Waals surface area contributed by atoms with Crippen LogP contribution in [-0.4, -0.2) is 36.7 Å². The van der Waals surface area contributed by atoms with Crippen molar-refractivity contribution in [3.05, 3.63) is 30.1 Å². The Morgan fingerprint density at radius 3 is 2.41 bits per heavy atom. The third-order valence-electron chi connectivity index (χ3n) is 12.0. The highest BCUT2D eigenvalue weighted by Crippen LogP contribution is 2.69. The van der Waals surface area contributed by atoms with E-state index in [0.29, 0.717) is 17.8 Å². The van der Waals surface area contributed by atoms with Gasteiger partial charge in [0.2, 0.25) is 5.91 Å². The molecule has 4 fully saturated rings. The lowest BCUT2D eigenvalue weighted by molar-refractivity contribution is -0.203. The largest absolute Gasteiger partial charge is 0.393 e. The highest BCUT2D eigenvalue weighted by Gasteiger charge is 2.64. The molecular formula is C31H46FNO5S. The van der Waals surface area contributed by atoms with E-state index in [4.69, 9.17) is 0 Å². The summed E-state index contributed by atoms with van der Waals surface area (Å²) in [6.07, 6.45) is 7.04. The molecule has 218 valence electrons.